The number of carbonyl (C=O) groups is 1. The van der Waals surface area contributed by atoms with Crippen LogP contribution in [0.4, 0.5) is 4.79 Å². The van der Waals surface area contributed by atoms with Crippen LogP contribution in [0, 0.1) is 6.07 Å². The van der Waals surface area contributed by atoms with Gasteiger partial charge in [-0.25, -0.2) is 4.79 Å². The first-order valence-corrected chi connectivity index (χ1v) is 18.5. The Balaban J connectivity index is 1.76. The Bertz CT molecular complexity index is 1620. The monoisotopic (exact) mass is 627 g/mol. The molecule has 0 aliphatic heterocycles. The van der Waals surface area contributed by atoms with Gasteiger partial charge in [0.05, 0.1) is 18.2 Å². The van der Waals surface area contributed by atoms with Crippen LogP contribution in [-0.4, -0.2) is 43.0 Å². The molecule has 1 heterocycles. The van der Waals surface area contributed by atoms with E-state index in [9.17, 15) is 9.59 Å². The van der Waals surface area contributed by atoms with E-state index >= 15 is 0 Å². The third-order valence-electron chi connectivity index (χ3n) is 8.21. The molecule has 45 heavy (non-hydrogen) atoms. The fraction of sp³-hybridized carbons (Fsp3) is 0.405. The average molecular weight is 628 g/mol. The largest absolute Gasteiger partial charge is 0.487 e. The molecule has 0 saturated carbocycles. The Morgan fingerprint density at radius 1 is 0.911 bits per heavy atom. The van der Waals surface area contributed by atoms with Gasteiger partial charge in [0.1, 0.15) is 18.0 Å². The minimum absolute atomic E-state index is 0.0780. The minimum atomic E-state index is -2.34. The van der Waals surface area contributed by atoms with Gasteiger partial charge < -0.3 is 23.8 Å². The lowest BCUT2D eigenvalue weighted by atomic mass is 10.0. The first-order valence-electron chi connectivity index (χ1n) is 15.6. The van der Waals surface area contributed by atoms with Crippen LogP contribution in [0.1, 0.15) is 64.3 Å². The van der Waals surface area contributed by atoms with Crippen LogP contribution in [0.3, 0.4) is 0 Å². The predicted octanol–water partition coefficient (Wildman–Crippen LogP) is 8.45. The van der Waals surface area contributed by atoms with Crippen molar-refractivity contribution < 1.29 is 18.7 Å². The van der Waals surface area contributed by atoms with Gasteiger partial charge in [0, 0.05) is 18.0 Å². The van der Waals surface area contributed by atoms with Crippen molar-refractivity contribution in [3.8, 4) is 5.75 Å². The maximum absolute atomic E-state index is 13.7. The van der Waals surface area contributed by atoms with Crippen molar-refractivity contribution in [3.05, 3.63) is 112 Å². The van der Waals surface area contributed by atoms with Crippen LogP contribution in [0.15, 0.2) is 83.7 Å². The van der Waals surface area contributed by atoms with Crippen LogP contribution in [0.2, 0.25) is 18.1 Å². The van der Waals surface area contributed by atoms with E-state index in [1.807, 2.05) is 93.6 Å². The zero-order chi connectivity index (χ0) is 32.8. The lowest BCUT2D eigenvalue weighted by Crippen LogP contribution is -2.46. The normalized spacial score (nSPS) is 13.0. The van der Waals surface area contributed by atoms with Gasteiger partial charge in [0.25, 0.3) is 0 Å². The molecular formula is C37H47N2O5Si. The number of carbonyl (C=O) groups excluding carboxylic acids is 1. The Labute approximate surface area is 268 Å². The van der Waals surface area contributed by atoms with E-state index in [1.54, 1.807) is 4.90 Å². The first kappa shape index (κ1) is 34.0. The SMILES string of the molecule is CC(C)(C)OC(=O)N(CCc1cc[c]cc1)C[C@H](O[Si](C)(C)C(C)(C)C)c1ccc(OCc2ccccc2)c2[nH]c(=O)ccc12. The fourth-order valence-electron chi connectivity index (χ4n) is 4.75. The summed E-state index contributed by atoms with van der Waals surface area (Å²) >= 11 is 0. The maximum Gasteiger partial charge on any atom is 0.410 e. The van der Waals surface area contributed by atoms with Gasteiger partial charge >= 0.3 is 6.09 Å². The van der Waals surface area contributed by atoms with E-state index in [2.05, 4.69) is 44.9 Å². The van der Waals surface area contributed by atoms with E-state index < -0.39 is 26.1 Å². The Hall–Kier alpha value is -3.88. The molecule has 1 amide bonds. The second-order valence-electron chi connectivity index (χ2n) is 14.0. The van der Waals surface area contributed by atoms with Crippen molar-refractivity contribution in [1.29, 1.82) is 0 Å². The Kier molecular flexibility index (Phi) is 10.6. The molecule has 0 aliphatic carbocycles. The summed E-state index contributed by atoms with van der Waals surface area (Å²) in [5.41, 5.74) is 2.73. The molecule has 1 radical (unpaired) electrons. The second-order valence-corrected chi connectivity index (χ2v) is 18.7. The smallest absolute Gasteiger partial charge is 0.410 e. The van der Waals surface area contributed by atoms with Gasteiger partial charge in [-0.3, -0.25) is 4.79 Å². The topological polar surface area (TPSA) is 80.9 Å². The van der Waals surface area contributed by atoms with E-state index in [4.69, 9.17) is 13.9 Å². The highest BCUT2D eigenvalue weighted by molar-refractivity contribution is 6.74. The fourth-order valence-corrected chi connectivity index (χ4v) is 6.02. The summed E-state index contributed by atoms with van der Waals surface area (Å²) in [6.07, 6.45) is -0.227. The molecule has 0 aliphatic rings. The van der Waals surface area contributed by atoms with Crippen LogP contribution < -0.4 is 10.3 Å². The van der Waals surface area contributed by atoms with Crippen molar-refractivity contribution in [2.24, 2.45) is 0 Å². The van der Waals surface area contributed by atoms with Gasteiger partial charge in [-0.2, -0.15) is 0 Å². The van der Waals surface area contributed by atoms with Crippen molar-refractivity contribution in [2.45, 2.75) is 84.4 Å². The molecule has 0 bridgehead atoms. The molecule has 239 valence electrons. The number of benzene rings is 3. The summed E-state index contributed by atoms with van der Waals surface area (Å²) in [7, 11) is -2.34. The van der Waals surface area contributed by atoms with Crippen LogP contribution in [-0.2, 0) is 22.2 Å². The van der Waals surface area contributed by atoms with Gasteiger partial charge in [-0.05, 0) is 80.2 Å². The number of pyridine rings is 1. The lowest BCUT2D eigenvalue weighted by molar-refractivity contribution is 0.0160. The number of ether oxygens (including phenoxy) is 2. The molecule has 0 saturated heterocycles. The number of aromatic amines is 1. The molecule has 4 rings (SSSR count). The molecule has 1 N–H and O–H groups in total. The summed E-state index contributed by atoms with van der Waals surface area (Å²) in [6, 6.07) is 28.0. The van der Waals surface area contributed by atoms with Crippen LogP contribution >= 0.6 is 0 Å². The molecule has 0 fully saturated rings. The molecule has 3 aromatic carbocycles. The van der Waals surface area contributed by atoms with E-state index in [0.717, 1.165) is 22.1 Å². The number of fused-ring (bicyclic) bond motifs is 1. The predicted molar refractivity (Wildman–Crippen MR) is 183 cm³/mol. The van der Waals surface area contributed by atoms with E-state index in [1.165, 1.54) is 6.07 Å². The number of amides is 1. The van der Waals surface area contributed by atoms with Gasteiger partial charge in [-0.15, -0.1) is 0 Å². The number of nitrogens with zero attached hydrogens (tertiary/aromatic N) is 1. The van der Waals surface area contributed by atoms with Crippen LogP contribution in [0.5, 0.6) is 5.75 Å². The zero-order valence-corrected chi connectivity index (χ0v) is 28.9. The van der Waals surface area contributed by atoms with Crippen LogP contribution in [0.25, 0.3) is 10.9 Å². The molecule has 1 aromatic heterocycles. The molecule has 8 heteroatoms. The van der Waals surface area contributed by atoms with E-state index in [-0.39, 0.29) is 17.1 Å². The average Bonchev–Trinajstić information content (AvgIpc) is 2.97. The highest BCUT2D eigenvalue weighted by atomic mass is 28.4. The highest BCUT2D eigenvalue weighted by Gasteiger charge is 2.41. The first-order chi connectivity index (χ1) is 21.1. The van der Waals surface area contributed by atoms with Crippen molar-refractivity contribution >= 4 is 25.3 Å². The third-order valence-corrected chi connectivity index (χ3v) is 12.7. The minimum Gasteiger partial charge on any atom is -0.487 e. The van der Waals surface area contributed by atoms with Crippen molar-refractivity contribution in [2.75, 3.05) is 13.1 Å². The van der Waals surface area contributed by atoms with Crippen molar-refractivity contribution in [1.82, 2.24) is 9.88 Å². The summed E-state index contributed by atoms with van der Waals surface area (Å²) < 4.78 is 19.2. The molecule has 0 spiro atoms. The molecule has 0 unspecified atom stereocenters. The van der Waals surface area contributed by atoms with Gasteiger partial charge in [0.2, 0.25) is 5.56 Å². The molecule has 1 atom stereocenters. The summed E-state index contributed by atoms with van der Waals surface area (Å²) in [5, 5.41) is 0.734. The van der Waals surface area contributed by atoms with Crippen molar-refractivity contribution in [3.63, 3.8) is 0 Å². The zero-order valence-electron chi connectivity index (χ0n) is 27.9. The molecular weight excluding hydrogens is 581 g/mol. The Morgan fingerprint density at radius 3 is 2.24 bits per heavy atom. The maximum atomic E-state index is 13.7. The number of H-pyrrole nitrogens is 1. The summed E-state index contributed by atoms with van der Waals surface area (Å²) in [4.78, 5) is 31.0. The quantitative estimate of drug-likeness (QED) is 0.169. The standard InChI is InChI=1S/C37H47N2O5Si/c1-36(2,3)43-35(41)39(24-23-27-15-11-9-12-16-27)25-32(44-45(7,8)37(4,5)6)29-19-21-31(34-30(29)20-22-33(40)38-34)42-26-28-17-13-10-14-18-28/h10-22,32H,23-26H2,1-8H3,(H,38,40)/t32-/m0/s1. The number of hydrogen-bond donors (Lipinski definition) is 1. The third kappa shape index (κ3) is 9.31. The molecule has 7 nitrogen and oxygen atoms in total. The second kappa shape index (κ2) is 14.0. The summed E-state index contributed by atoms with van der Waals surface area (Å²) in [6.45, 7) is 17.7. The Morgan fingerprint density at radius 2 is 1.60 bits per heavy atom. The number of rotatable bonds is 11. The highest BCUT2D eigenvalue weighted by Crippen LogP contribution is 2.42. The summed E-state index contributed by atoms with van der Waals surface area (Å²) in [5.74, 6) is 0.575. The number of hydrogen-bond acceptors (Lipinski definition) is 5. The number of nitrogens with one attached hydrogen (secondary N) is 1. The number of aromatic nitrogens is 1. The van der Waals surface area contributed by atoms with Gasteiger partial charge in [0.15, 0.2) is 8.32 Å². The lowest BCUT2D eigenvalue weighted by Gasteiger charge is -2.41. The molecule has 4 aromatic rings. The van der Waals surface area contributed by atoms with E-state index in [0.29, 0.717) is 30.8 Å². The van der Waals surface area contributed by atoms with Gasteiger partial charge in [-0.1, -0.05) is 81.4 Å².